The summed E-state index contributed by atoms with van der Waals surface area (Å²) in [4.78, 5) is 38.6. The highest BCUT2D eigenvalue weighted by atomic mass is 16.6. The van der Waals surface area contributed by atoms with Crippen LogP contribution in [0.3, 0.4) is 0 Å². The number of carbonyl (C=O) groups is 2. The van der Waals surface area contributed by atoms with E-state index in [0.29, 0.717) is 35.7 Å². The number of carbonyl (C=O) groups excluding carboxylic acids is 2. The van der Waals surface area contributed by atoms with E-state index in [4.69, 9.17) is 18.9 Å². The summed E-state index contributed by atoms with van der Waals surface area (Å²) in [7, 11) is 2.85. The number of hydrogen-bond acceptors (Lipinski definition) is 10. The summed E-state index contributed by atoms with van der Waals surface area (Å²) >= 11 is 0. The van der Waals surface area contributed by atoms with Gasteiger partial charge in [-0.2, -0.15) is 0 Å². The summed E-state index contributed by atoms with van der Waals surface area (Å²) < 4.78 is 22.0. The molecule has 41 heavy (non-hydrogen) atoms. The molecule has 1 fully saturated rings. The molecule has 0 amide bonds. The van der Waals surface area contributed by atoms with Gasteiger partial charge < -0.3 is 29.4 Å². The Morgan fingerprint density at radius 1 is 1.17 bits per heavy atom. The van der Waals surface area contributed by atoms with Crippen molar-refractivity contribution in [3.8, 4) is 17.2 Å². The van der Waals surface area contributed by atoms with E-state index < -0.39 is 28.2 Å². The first-order valence-electron chi connectivity index (χ1n) is 13.4. The molecule has 11 nitrogen and oxygen atoms in total. The molecule has 0 radical (unpaired) electrons. The number of esters is 1. The Kier molecular flexibility index (Phi) is 7.98. The van der Waals surface area contributed by atoms with Crippen LogP contribution >= 0.6 is 0 Å². The number of nitrogens with zero attached hydrogens (tertiary/aromatic N) is 1. The minimum absolute atomic E-state index is 0.0527. The number of phenolic OH excluding ortho intramolecular Hbond substituents is 1. The van der Waals surface area contributed by atoms with E-state index >= 15 is 0 Å². The third kappa shape index (κ3) is 5.37. The number of nitrogens with one attached hydrogen (secondary N) is 1. The predicted octanol–water partition coefficient (Wildman–Crippen LogP) is 4.40. The molecular formula is C30H32N2O9. The minimum Gasteiger partial charge on any atom is -0.500 e. The lowest BCUT2D eigenvalue weighted by atomic mass is 9.71. The van der Waals surface area contributed by atoms with E-state index in [-0.39, 0.29) is 47.7 Å². The zero-order valence-electron chi connectivity index (χ0n) is 23.1. The van der Waals surface area contributed by atoms with Gasteiger partial charge in [-0.15, -0.1) is 0 Å². The third-order valence-corrected chi connectivity index (χ3v) is 7.88. The number of Topliss-reactive ketones (excluding diaryl/α,β-unsaturated/α-hetero) is 1. The van der Waals surface area contributed by atoms with E-state index in [1.807, 2.05) is 24.3 Å². The Balaban J connectivity index is 1.60. The molecule has 0 aromatic heterocycles. The van der Waals surface area contributed by atoms with E-state index in [0.717, 1.165) is 18.4 Å². The molecule has 3 unspecified atom stereocenters. The smallest absolute Gasteiger partial charge is 0.336 e. The Morgan fingerprint density at radius 3 is 2.61 bits per heavy atom. The fraction of sp³-hybridized carbons (Fsp3) is 0.400. The van der Waals surface area contributed by atoms with Gasteiger partial charge in [0.1, 0.15) is 12.4 Å². The molecule has 11 heteroatoms. The quantitative estimate of drug-likeness (QED) is 0.269. The van der Waals surface area contributed by atoms with Gasteiger partial charge in [-0.25, -0.2) is 4.79 Å². The van der Waals surface area contributed by atoms with Crippen molar-refractivity contribution in [3.63, 3.8) is 0 Å². The first kappa shape index (κ1) is 28.2. The normalized spacial score (nSPS) is 22.2. The molecule has 0 bridgehead atoms. The molecule has 3 atom stereocenters. The molecule has 3 aliphatic rings. The number of ether oxygens (including phenoxy) is 4. The zero-order valence-corrected chi connectivity index (χ0v) is 23.1. The predicted molar refractivity (Wildman–Crippen MR) is 147 cm³/mol. The minimum atomic E-state index is -0.984. The maximum absolute atomic E-state index is 13.9. The number of aromatic hydroxyl groups is 1. The maximum atomic E-state index is 13.9. The summed E-state index contributed by atoms with van der Waals surface area (Å²) in [5.74, 6) is -2.15. The van der Waals surface area contributed by atoms with Crippen molar-refractivity contribution < 1.29 is 38.6 Å². The second kappa shape index (κ2) is 11.6. The molecule has 2 N–H and O–H groups in total. The highest BCUT2D eigenvalue weighted by Gasteiger charge is 2.43. The average Bonchev–Trinajstić information content (AvgIpc) is 3.49. The van der Waals surface area contributed by atoms with Gasteiger partial charge in [-0.1, -0.05) is 18.2 Å². The van der Waals surface area contributed by atoms with Crippen LogP contribution < -0.4 is 14.8 Å². The van der Waals surface area contributed by atoms with Gasteiger partial charge in [0.25, 0.3) is 0 Å². The Hall–Kier alpha value is -4.38. The van der Waals surface area contributed by atoms with Gasteiger partial charge >= 0.3 is 11.7 Å². The lowest BCUT2D eigenvalue weighted by Gasteiger charge is -2.37. The Bertz CT molecular complexity index is 1460. The van der Waals surface area contributed by atoms with E-state index in [9.17, 15) is 24.8 Å². The van der Waals surface area contributed by atoms with Crippen molar-refractivity contribution in [1.29, 1.82) is 0 Å². The number of hydrogen-bond donors (Lipinski definition) is 2. The third-order valence-electron chi connectivity index (χ3n) is 7.88. The van der Waals surface area contributed by atoms with Crippen LogP contribution in [-0.4, -0.2) is 55.3 Å². The van der Waals surface area contributed by atoms with Crippen LogP contribution in [0.5, 0.6) is 17.2 Å². The number of dihydropyridines is 1. The van der Waals surface area contributed by atoms with Crippen molar-refractivity contribution in [3.05, 3.63) is 80.2 Å². The lowest BCUT2D eigenvalue weighted by molar-refractivity contribution is -0.386. The van der Waals surface area contributed by atoms with Crippen LogP contribution in [0, 0.1) is 10.1 Å². The van der Waals surface area contributed by atoms with Gasteiger partial charge in [-0.05, 0) is 49.4 Å². The number of benzene rings is 2. The second-order valence-electron chi connectivity index (χ2n) is 10.3. The summed E-state index contributed by atoms with van der Waals surface area (Å²) in [6.45, 7) is 2.36. The number of allylic oxidation sites excluding steroid dienone is 3. The maximum Gasteiger partial charge on any atom is 0.336 e. The van der Waals surface area contributed by atoms with Crippen LogP contribution in [0.1, 0.15) is 55.6 Å². The van der Waals surface area contributed by atoms with E-state index in [1.165, 1.54) is 19.2 Å². The standard InChI is InChI=1S/C30H32N2O9/c1-16-26(30(35)41-15-19-7-6-10-40-19)27(18-12-22(32(36)37)29(34)25(14-18)39-3)28-21(31-16)11-17(13-23(28)33)20-8-4-5-9-24(20)38-2/h4-5,8-9,12,14,17,19,27,31,34H,6-7,10-11,13,15H2,1-3H3. The van der Waals surface area contributed by atoms with Crippen LogP contribution in [0.4, 0.5) is 5.69 Å². The summed E-state index contributed by atoms with van der Waals surface area (Å²) in [5, 5.41) is 25.5. The van der Waals surface area contributed by atoms with E-state index in [1.54, 1.807) is 14.0 Å². The van der Waals surface area contributed by atoms with Gasteiger partial charge in [0, 0.05) is 47.9 Å². The van der Waals surface area contributed by atoms with Gasteiger partial charge in [-0.3, -0.25) is 14.9 Å². The molecule has 0 saturated carbocycles. The fourth-order valence-corrected chi connectivity index (χ4v) is 5.96. The monoisotopic (exact) mass is 564 g/mol. The number of ketones is 1. The highest BCUT2D eigenvalue weighted by Crippen LogP contribution is 2.49. The Labute approximate surface area is 236 Å². The number of nitro benzene ring substituents is 1. The van der Waals surface area contributed by atoms with Crippen molar-refractivity contribution >= 4 is 17.4 Å². The number of para-hydroxylation sites is 1. The molecular weight excluding hydrogens is 532 g/mol. The largest absolute Gasteiger partial charge is 0.500 e. The molecule has 1 saturated heterocycles. The van der Waals surface area contributed by atoms with Crippen LogP contribution in [0.15, 0.2) is 58.9 Å². The van der Waals surface area contributed by atoms with Gasteiger partial charge in [0.15, 0.2) is 11.5 Å². The SMILES string of the molecule is COc1ccccc1C1CC(=O)C2=C(C1)NC(C)=C(C(=O)OCC1CCCO1)C2c1cc(OC)c(O)c([N+](=O)[O-])c1. The first-order valence-corrected chi connectivity index (χ1v) is 13.4. The Morgan fingerprint density at radius 2 is 1.93 bits per heavy atom. The number of nitro groups is 1. The number of methoxy groups -OCH3 is 2. The van der Waals surface area contributed by atoms with Crippen LogP contribution in [-0.2, 0) is 19.1 Å². The van der Waals surface area contributed by atoms with Crippen molar-refractivity contribution in [2.45, 2.75) is 50.5 Å². The van der Waals surface area contributed by atoms with Gasteiger partial charge in [0.05, 0.1) is 30.8 Å². The molecule has 0 spiro atoms. The second-order valence-corrected chi connectivity index (χ2v) is 10.3. The number of rotatable bonds is 8. The van der Waals surface area contributed by atoms with Gasteiger partial charge in [0.2, 0.25) is 5.75 Å². The molecule has 216 valence electrons. The summed E-state index contributed by atoms with van der Waals surface area (Å²) in [6, 6.07) is 10.1. The van der Waals surface area contributed by atoms with Crippen molar-refractivity contribution in [2.75, 3.05) is 27.4 Å². The summed E-state index contributed by atoms with van der Waals surface area (Å²) in [6.07, 6.45) is 2.03. The van der Waals surface area contributed by atoms with Crippen molar-refractivity contribution in [1.82, 2.24) is 5.32 Å². The average molecular weight is 565 g/mol. The lowest BCUT2D eigenvalue weighted by Crippen LogP contribution is -2.36. The topological polar surface area (TPSA) is 146 Å². The molecule has 2 aliphatic heterocycles. The molecule has 2 aromatic rings. The van der Waals surface area contributed by atoms with Crippen LogP contribution in [0.25, 0.3) is 0 Å². The molecule has 1 aliphatic carbocycles. The highest BCUT2D eigenvalue weighted by molar-refractivity contribution is 6.04. The first-order chi connectivity index (χ1) is 19.7. The molecule has 2 aromatic carbocycles. The van der Waals surface area contributed by atoms with Crippen molar-refractivity contribution in [2.24, 2.45) is 0 Å². The number of phenols is 1. The fourth-order valence-electron chi connectivity index (χ4n) is 5.96. The summed E-state index contributed by atoms with van der Waals surface area (Å²) in [5.41, 5.74) is 2.12. The molecule has 2 heterocycles. The zero-order chi connectivity index (χ0) is 29.3. The van der Waals surface area contributed by atoms with E-state index in [2.05, 4.69) is 5.32 Å². The van der Waals surface area contributed by atoms with Crippen LogP contribution in [0.2, 0.25) is 0 Å². The molecule has 5 rings (SSSR count).